The molecule has 0 aliphatic heterocycles. The van der Waals surface area contributed by atoms with Crippen molar-refractivity contribution in [1.82, 2.24) is 9.97 Å². The van der Waals surface area contributed by atoms with Crippen LogP contribution in [0.3, 0.4) is 0 Å². The first-order valence-electron chi connectivity index (χ1n) is 8.55. The van der Waals surface area contributed by atoms with Gasteiger partial charge in [-0.05, 0) is 35.9 Å². The fourth-order valence-corrected chi connectivity index (χ4v) is 3.08. The molecule has 0 aliphatic rings. The minimum atomic E-state index is -0.305. The van der Waals surface area contributed by atoms with E-state index in [1.165, 1.54) is 12.1 Å². The highest BCUT2D eigenvalue weighted by Crippen LogP contribution is 2.30. The Morgan fingerprint density at radius 3 is 2.89 bits per heavy atom. The van der Waals surface area contributed by atoms with Gasteiger partial charge in [0.25, 0.3) is 5.82 Å². The maximum absolute atomic E-state index is 13.3. The van der Waals surface area contributed by atoms with E-state index >= 15 is 0 Å². The van der Waals surface area contributed by atoms with Gasteiger partial charge >= 0.3 is 0 Å². The summed E-state index contributed by atoms with van der Waals surface area (Å²) in [6, 6.07) is 13.3. The maximum Gasteiger partial charge on any atom is 0.251 e. The van der Waals surface area contributed by atoms with E-state index in [9.17, 15) is 9.50 Å². The number of halogens is 2. The van der Waals surface area contributed by atoms with Crippen molar-refractivity contribution in [3.05, 3.63) is 77.0 Å². The van der Waals surface area contributed by atoms with Gasteiger partial charge in [0.1, 0.15) is 18.2 Å². The molecule has 0 spiro atoms. The Labute approximate surface area is 165 Å². The second-order valence-electron chi connectivity index (χ2n) is 6.18. The quantitative estimate of drug-likeness (QED) is 0.458. The number of benzene rings is 2. The molecule has 6 nitrogen and oxygen atoms in total. The Morgan fingerprint density at radius 2 is 2.11 bits per heavy atom. The summed E-state index contributed by atoms with van der Waals surface area (Å²) in [5, 5.41) is 13.0. The van der Waals surface area contributed by atoms with Crippen molar-refractivity contribution in [3.63, 3.8) is 0 Å². The average molecular weight is 400 g/mol. The normalized spacial score (nSPS) is 11.0. The molecule has 0 bridgehead atoms. The summed E-state index contributed by atoms with van der Waals surface area (Å²) >= 11 is 6.34. The molecule has 0 saturated carbocycles. The van der Waals surface area contributed by atoms with Crippen LogP contribution in [0.25, 0.3) is 11.0 Å². The highest BCUT2D eigenvalue weighted by atomic mass is 35.5. The summed E-state index contributed by atoms with van der Waals surface area (Å²) in [7, 11) is 0. The predicted octanol–water partition coefficient (Wildman–Crippen LogP) is 3.98. The molecule has 4 N–H and O–H groups in total. The van der Waals surface area contributed by atoms with Crippen molar-refractivity contribution < 1.29 is 19.2 Å². The highest BCUT2D eigenvalue weighted by Gasteiger charge is 2.14. The molecular weight excluding hydrogens is 383 g/mol. The van der Waals surface area contributed by atoms with Crippen LogP contribution in [0.15, 0.2) is 54.9 Å². The minimum Gasteiger partial charge on any atom is -0.487 e. The number of aromatic nitrogens is 3. The number of aliphatic hydroxyl groups is 1. The Hall–Kier alpha value is -3.16. The third-order valence-corrected chi connectivity index (χ3v) is 4.47. The Bertz CT molecular complexity index is 1130. The van der Waals surface area contributed by atoms with E-state index in [2.05, 4.69) is 20.3 Å². The Kier molecular flexibility index (Phi) is 5.10. The van der Waals surface area contributed by atoms with Gasteiger partial charge in [-0.1, -0.05) is 23.7 Å². The Balaban J connectivity index is 1.51. The molecular formula is C20H17ClFN4O2+. The van der Waals surface area contributed by atoms with E-state index < -0.39 is 0 Å². The number of hydrogen-bond acceptors (Lipinski definition) is 4. The van der Waals surface area contributed by atoms with Gasteiger partial charge in [0.15, 0.2) is 11.0 Å². The van der Waals surface area contributed by atoms with Gasteiger partial charge in [0.2, 0.25) is 6.33 Å². The number of fused-ring (bicyclic) bond motifs is 1. The molecule has 8 heteroatoms. The number of H-pyrrole nitrogens is 2. The van der Waals surface area contributed by atoms with Crippen LogP contribution in [0.4, 0.5) is 15.9 Å². The first kappa shape index (κ1) is 18.2. The van der Waals surface area contributed by atoms with Gasteiger partial charge < -0.3 is 14.8 Å². The summed E-state index contributed by atoms with van der Waals surface area (Å²) in [5.74, 6) is 0.886. The largest absolute Gasteiger partial charge is 0.487 e. The fraction of sp³-hybridized carbons (Fsp3) is 0.100. The summed E-state index contributed by atoms with van der Waals surface area (Å²) in [5.41, 5.74) is 3.61. The molecule has 2 aromatic heterocycles. The number of rotatable bonds is 6. The molecule has 142 valence electrons. The minimum absolute atomic E-state index is 0.0982. The summed E-state index contributed by atoms with van der Waals surface area (Å²) in [6.07, 6.45) is 1.57. The van der Waals surface area contributed by atoms with E-state index in [1.807, 2.05) is 6.07 Å². The predicted molar refractivity (Wildman–Crippen MR) is 104 cm³/mol. The lowest BCUT2D eigenvalue weighted by Gasteiger charge is -2.09. The van der Waals surface area contributed by atoms with Crippen molar-refractivity contribution in [3.8, 4) is 5.75 Å². The van der Waals surface area contributed by atoms with Crippen LogP contribution >= 0.6 is 11.6 Å². The Morgan fingerprint density at radius 1 is 1.21 bits per heavy atom. The molecule has 0 fully saturated rings. The summed E-state index contributed by atoms with van der Waals surface area (Å²) in [6.45, 7) is 0.119. The third kappa shape index (κ3) is 3.90. The number of ether oxygens (including phenoxy) is 1. The highest BCUT2D eigenvalue weighted by molar-refractivity contribution is 6.32. The molecule has 4 aromatic rings. The lowest BCUT2D eigenvalue weighted by atomic mass is 10.2. The third-order valence-electron chi connectivity index (χ3n) is 4.17. The standard InChI is InChI=1S/C20H16ClFN4O2/c21-16-7-14(4-5-18(16)28-10-12-2-1-3-13(22)6-12)26-20-19-17(23-11-24-20)8-15(9-27)25-19/h1-8,11,25,27H,9-10H2,(H,23,24,26)/p+1. The number of anilines is 2. The van der Waals surface area contributed by atoms with Gasteiger partial charge in [-0.3, -0.25) is 5.32 Å². The maximum atomic E-state index is 13.3. The second kappa shape index (κ2) is 7.84. The number of nitrogens with one attached hydrogen (secondary N) is 3. The average Bonchev–Trinajstić information content (AvgIpc) is 3.12. The van der Waals surface area contributed by atoms with Crippen molar-refractivity contribution >= 4 is 34.1 Å². The molecule has 28 heavy (non-hydrogen) atoms. The van der Waals surface area contributed by atoms with Crippen LogP contribution in [-0.2, 0) is 13.2 Å². The molecule has 0 saturated heterocycles. The number of aliphatic hydroxyl groups excluding tert-OH is 1. The molecule has 4 rings (SSSR count). The van der Waals surface area contributed by atoms with Crippen molar-refractivity contribution in [2.45, 2.75) is 13.2 Å². The van der Waals surface area contributed by atoms with Gasteiger partial charge in [0.05, 0.1) is 17.3 Å². The molecule has 2 aromatic carbocycles. The van der Waals surface area contributed by atoms with Crippen LogP contribution in [0.5, 0.6) is 5.75 Å². The van der Waals surface area contributed by atoms with Crippen LogP contribution < -0.4 is 15.0 Å². The van der Waals surface area contributed by atoms with Gasteiger partial charge in [0, 0.05) is 11.8 Å². The summed E-state index contributed by atoms with van der Waals surface area (Å²) in [4.78, 5) is 10.4. The van der Waals surface area contributed by atoms with Crippen molar-refractivity contribution in [1.29, 1.82) is 0 Å². The van der Waals surface area contributed by atoms with Crippen LogP contribution in [0.1, 0.15) is 11.3 Å². The van der Waals surface area contributed by atoms with Gasteiger partial charge in [-0.2, -0.15) is 0 Å². The number of hydrogen-bond donors (Lipinski definition) is 3. The van der Waals surface area contributed by atoms with E-state index in [-0.39, 0.29) is 19.0 Å². The second-order valence-corrected chi connectivity index (χ2v) is 6.59. The van der Waals surface area contributed by atoms with Crippen molar-refractivity contribution in [2.75, 3.05) is 5.32 Å². The van der Waals surface area contributed by atoms with Gasteiger partial charge in [-0.25, -0.2) is 9.37 Å². The van der Waals surface area contributed by atoms with E-state index in [0.29, 0.717) is 22.3 Å². The fourth-order valence-electron chi connectivity index (χ4n) is 2.84. The lowest BCUT2D eigenvalue weighted by molar-refractivity contribution is -0.363. The zero-order valence-electron chi connectivity index (χ0n) is 14.7. The first-order valence-corrected chi connectivity index (χ1v) is 8.93. The molecule has 0 amide bonds. The smallest absolute Gasteiger partial charge is 0.251 e. The SMILES string of the molecule is OCc1cc2nc[nH+]c(Nc3ccc(OCc4cccc(F)c4)c(Cl)c3)c2[nH]1. The first-order chi connectivity index (χ1) is 13.6. The van der Waals surface area contributed by atoms with E-state index in [0.717, 1.165) is 22.3 Å². The number of aromatic amines is 2. The molecule has 2 heterocycles. The van der Waals surface area contributed by atoms with Crippen LogP contribution in [0.2, 0.25) is 5.02 Å². The zero-order chi connectivity index (χ0) is 19.5. The molecule has 0 atom stereocenters. The summed E-state index contributed by atoms with van der Waals surface area (Å²) < 4.78 is 18.9. The van der Waals surface area contributed by atoms with E-state index in [4.69, 9.17) is 16.3 Å². The molecule has 0 unspecified atom stereocenters. The van der Waals surface area contributed by atoms with Crippen LogP contribution in [-0.4, -0.2) is 15.1 Å². The molecule has 0 radical (unpaired) electrons. The number of nitrogens with zero attached hydrogens (tertiary/aromatic N) is 1. The van der Waals surface area contributed by atoms with Gasteiger partial charge in [-0.15, -0.1) is 4.98 Å². The lowest BCUT2D eigenvalue weighted by Crippen LogP contribution is -2.11. The monoisotopic (exact) mass is 399 g/mol. The molecule has 0 aliphatic carbocycles. The zero-order valence-corrected chi connectivity index (χ0v) is 15.4. The van der Waals surface area contributed by atoms with Crippen molar-refractivity contribution in [2.24, 2.45) is 0 Å². The topological polar surface area (TPSA) is 84.3 Å². The van der Waals surface area contributed by atoms with E-state index in [1.54, 1.807) is 36.7 Å². The van der Waals surface area contributed by atoms with Crippen LogP contribution in [0, 0.1) is 5.82 Å².